The van der Waals surface area contributed by atoms with Gasteiger partial charge in [-0.25, -0.2) is 0 Å². The molecule has 1 saturated heterocycles. The molecule has 1 aromatic carbocycles. The van der Waals surface area contributed by atoms with Gasteiger partial charge < -0.3 is 25.0 Å². The van der Waals surface area contributed by atoms with Crippen LogP contribution in [0.5, 0.6) is 0 Å². The maximum Gasteiger partial charge on any atom is 0.320 e. The Labute approximate surface area is 163 Å². The summed E-state index contributed by atoms with van der Waals surface area (Å²) < 4.78 is 7.18. The van der Waals surface area contributed by atoms with Gasteiger partial charge in [0, 0.05) is 32.3 Å². The standard InChI is InChI=1S/C17H22N4O5.C2H6/c1-10-11(9-12(18)17(22)23)15-13(19(10)2)3-4-14(16(15)21(24)25)20-5-7-26-8-6-20;1-2/h3-4,12H,5-9,18H2,1-2H3,(H,22,23);1-2H3. The number of aromatic nitrogens is 1. The maximum atomic E-state index is 12.0. The van der Waals surface area contributed by atoms with E-state index in [1.165, 1.54) is 0 Å². The smallest absolute Gasteiger partial charge is 0.320 e. The quantitative estimate of drug-likeness (QED) is 0.590. The molecule has 3 N–H and O–H groups in total. The average molecular weight is 392 g/mol. The highest BCUT2D eigenvalue weighted by Crippen LogP contribution is 2.40. The first kappa shape index (κ1) is 21.6. The van der Waals surface area contributed by atoms with Crippen LogP contribution in [0, 0.1) is 17.0 Å². The molecule has 0 bridgehead atoms. The Morgan fingerprint density at radius 3 is 2.50 bits per heavy atom. The normalized spacial score (nSPS) is 15.1. The van der Waals surface area contributed by atoms with E-state index in [1.54, 1.807) is 6.07 Å². The number of carbonyl (C=O) groups is 1. The number of nitrogens with zero attached hydrogens (tertiary/aromatic N) is 3. The Balaban J connectivity index is 0.00000136. The molecule has 1 unspecified atom stereocenters. The van der Waals surface area contributed by atoms with E-state index in [4.69, 9.17) is 15.6 Å². The summed E-state index contributed by atoms with van der Waals surface area (Å²) in [7, 11) is 1.81. The lowest BCUT2D eigenvalue weighted by atomic mass is 10.0. The minimum absolute atomic E-state index is 0.000638. The minimum Gasteiger partial charge on any atom is -0.480 e. The van der Waals surface area contributed by atoms with Crippen molar-refractivity contribution < 1.29 is 19.6 Å². The highest BCUT2D eigenvalue weighted by Gasteiger charge is 2.30. The molecule has 154 valence electrons. The zero-order valence-electron chi connectivity index (χ0n) is 16.8. The summed E-state index contributed by atoms with van der Waals surface area (Å²) in [6.07, 6.45) is 0.0336. The van der Waals surface area contributed by atoms with Gasteiger partial charge in [-0.15, -0.1) is 0 Å². The highest BCUT2D eigenvalue weighted by atomic mass is 16.6. The van der Waals surface area contributed by atoms with Crippen LogP contribution in [0.15, 0.2) is 12.1 Å². The molecule has 9 nitrogen and oxygen atoms in total. The van der Waals surface area contributed by atoms with Crippen molar-refractivity contribution in [2.24, 2.45) is 12.8 Å². The maximum absolute atomic E-state index is 12.0. The van der Waals surface area contributed by atoms with E-state index in [0.29, 0.717) is 48.5 Å². The molecule has 1 aromatic heterocycles. The number of fused-ring (bicyclic) bond motifs is 1. The van der Waals surface area contributed by atoms with Crippen LogP contribution in [-0.2, 0) is 23.0 Å². The first-order chi connectivity index (χ1) is 13.3. The van der Waals surface area contributed by atoms with Crippen LogP contribution in [0.3, 0.4) is 0 Å². The zero-order chi connectivity index (χ0) is 21.0. The molecule has 2 heterocycles. The Kier molecular flexibility index (Phi) is 6.98. The second-order valence-electron chi connectivity index (χ2n) is 6.46. The third-order valence-corrected chi connectivity index (χ3v) is 5.01. The highest BCUT2D eigenvalue weighted by molar-refractivity contribution is 5.99. The average Bonchev–Trinajstić information content (AvgIpc) is 2.94. The van der Waals surface area contributed by atoms with Gasteiger partial charge in [-0.3, -0.25) is 14.9 Å². The fraction of sp³-hybridized carbons (Fsp3) is 0.526. The van der Waals surface area contributed by atoms with E-state index in [2.05, 4.69) is 0 Å². The summed E-state index contributed by atoms with van der Waals surface area (Å²) in [5.74, 6) is -1.13. The van der Waals surface area contributed by atoms with Gasteiger partial charge >= 0.3 is 11.7 Å². The molecule has 2 aromatic rings. The summed E-state index contributed by atoms with van der Waals surface area (Å²) in [5.41, 5.74) is 8.33. The number of rotatable bonds is 5. The van der Waals surface area contributed by atoms with Gasteiger partial charge in [0.15, 0.2) is 0 Å². The molecule has 28 heavy (non-hydrogen) atoms. The molecule has 0 aliphatic carbocycles. The fourth-order valence-electron chi connectivity index (χ4n) is 3.51. The van der Waals surface area contributed by atoms with Crippen molar-refractivity contribution in [3.8, 4) is 0 Å². The van der Waals surface area contributed by atoms with Crippen molar-refractivity contribution in [1.29, 1.82) is 0 Å². The van der Waals surface area contributed by atoms with Gasteiger partial charge in [0.25, 0.3) is 0 Å². The first-order valence-corrected chi connectivity index (χ1v) is 9.39. The molecule has 1 fully saturated rings. The zero-order valence-corrected chi connectivity index (χ0v) is 16.8. The number of ether oxygens (including phenoxy) is 1. The molecule has 0 amide bonds. The number of carboxylic acid groups (broad SMARTS) is 1. The van der Waals surface area contributed by atoms with Crippen LogP contribution < -0.4 is 10.6 Å². The van der Waals surface area contributed by atoms with Gasteiger partial charge in [0.2, 0.25) is 0 Å². The lowest BCUT2D eigenvalue weighted by Gasteiger charge is -2.28. The summed E-state index contributed by atoms with van der Waals surface area (Å²) in [6, 6.07) is 2.48. The van der Waals surface area contributed by atoms with E-state index >= 15 is 0 Å². The Morgan fingerprint density at radius 2 is 1.96 bits per heavy atom. The third-order valence-electron chi connectivity index (χ3n) is 5.01. The van der Waals surface area contributed by atoms with E-state index in [-0.39, 0.29) is 17.0 Å². The molecule has 0 saturated carbocycles. The van der Waals surface area contributed by atoms with Crippen LogP contribution in [0.4, 0.5) is 11.4 Å². The number of carboxylic acids is 1. The van der Waals surface area contributed by atoms with Crippen LogP contribution in [0.25, 0.3) is 10.9 Å². The number of nitro groups is 1. The monoisotopic (exact) mass is 392 g/mol. The van der Waals surface area contributed by atoms with Crippen LogP contribution >= 0.6 is 0 Å². The molecule has 0 spiro atoms. The number of nitro benzene ring substituents is 1. The summed E-state index contributed by atoms with van der Waals surface area (Å²) in [6.45, 7) is 7.99. The second-order valence-corrected chi connectivity index (χ2v) is 6.46. The Morgan fingerprint density at radius 1 is 1.36 bits per heavy atom. The molecule has 1 aliphatic rings. The topological polar surface area (TPSA) is 124 Å². The minimum atomic E-state index is -1.13. The van der Waals surface area contributed by atoms with E-state index in [9.17, 15) is 14.9 Å². The number of aliphatic carboxylic acids is 1. The van der Waals surface area contributed by atoms with E-state index in [1.807, 2.05) is 43.4 Å². The number of benzene rings is 1. The molecular formula is C19H28N4O5. The van der Waals surface area contributed by atoms with Crippen molar-refractivity contribution in [3.05, 3.63) is 33.5 Å². The molecule has 0 radical (unpaired) electrons. The number of nitrogens with two attached hydrogens (primary N) is 1. The van der Waals surface area contributed by atoms with E-state index in [0.717, 1.165) is 5.69 Å². The second kappa shape index (κ2) is 9.03. The van der Waals surface area contributed by atoms with Crippen LogP contribution in [0.2, 0.25) is 0 Å². The van der Waals surface area contributed by atoms with E-state index < -0.39 is 12.0 Å². The largest absolute Gasteiger partial charge is 0.480 e. The Hall–Kier alpha value is -2.65. The summed E-state index contributed by atoms with van der Waals surface area (Å²) in [4.78, 5) is 24.7. The lowest BCUT2D eigenvalue weighted by molar-refractivity contribution is -0.382. The van der Waals surface area contributed by atoms with Crippen molar-refractivity contribution >= 4 is 28.2 Å². The molecule has 1 aliphatic heterocycles. The van der Waals surface area contributed by atoms with Gasteiger partial charge in [-0.05, 0) is 24.6 Å². The van der Waals surface area contributed by atoms with Crippen LogP contribution in [-0.4, -0.2) is 52.9 Å². The molecular weight excluding hydrogens is 364 g/mol. The number of anilines is 1. The first-order valence-electron chi connectivity index (χ1n) is 9.39. The number of morpholine rings is 1. The van der Waals surface area contributed by atoms with Gasteiger partial charge in [0.1, 0.15) is 11.7 Å². The molecule has 9 heteroatoms. The predicted molar refractivity (Wildman–Crippen MR) is 108 cm³/mol. The van der Waals surface area contributed by atoms with Gasteiger partial charge in [-0.1, -0.05) is 13.8 Å². The molecule has 3 rings (SSSR count). The summed E-state index contributed by atoms with van der Waals surface area (Å²) >= 11 is 0. The van der Waals surface area contributed by atoms with Crippen LogP contribution in [0.1, 0.15) is 25.1 Å². The number of aryl methyl sites for hydroxylation is 1. The van der Waals surface area contributed by atoms with Crippen molar-refractivity contribution in [2.75, 3.05) is 31.2 Å². The van der Waals surface area contributed by atoms with Crippen molar-refractivity contribution in [1.82, 2.24) is 4.57 Å². The van der Waals surface area contributed by atoms with Gasteiger partial charge in [-0.2, -0.15) is 0 Å². The third kappa shape index (κ3) is 3.95. The number of hydrogen-bond acceptors (Lipinski definition) is 6. The summed E-state index contributed by atoms with van der Waals surface area (Å²) in [5, 5.41) is 21.6. The van der Waals surface area contributed by atoms with Crippen molar-refractivity contribution in [2.45, 2.75) is 33.2 Å². The fourth-order valence-corrected chi connectivity index (χ4v) is 3.51. The van der Waals surface area contributed by atoms with Crippen molar-refractivity contribution in [3.63, 3.8) is 0 Å². The lowest BCUT2D eigenvalue weighted by Crippen LogP contribution is -2.36. The number of hydrogen-bond donors (Lipinski definition) is 2. The molecule has 1 atom stereocenters. The SMILES string of the molecule is CC.Cc1c(CC(N)C(=O)O)c2c([N+](=O)[O-])c(N3CCOCC3)ccc2n1C. The van der Waals surface area contributed by atoms with Gasteiger partial charge in [0.05, 0.1) is 29.0 Å². The predicted octanol–water partition coefficient (Wildman–Crippen LogP) is 2.21. The Bertz CT molecular complexity index is 871.